The van der Waals surface area contributed by atoms with E-state index in [2.05, 4.69) is 132 Å². The SMILES string of the molecule is c1cnc2c(c1)ccc1c3ccc(-c4ccc(-c5ccc6sc7ccccc7c6c5)cc4)cc3n3c4ccccc4nc3c12. The number of hydrogen-bond acceptors (Lipinski definition) is 3. The number of benzene rings is 6. The molecule has 4 heterocycles. The Morgan fingerprint density at radius 2 is 1.23 bits per heavy atom. The first-order chi connectivity index (χ1) is 21.8. The number of thiophene rings is 1. The van der Waals surface area contributed by atoms with Gasteiger partial charge in [0.15, 0.2) is 0 Å². The summed E-state index contributed by atoms with van der Waals surface area (Å²) in [5, 5.41) is 7.24. The van der Waals surface area contributed by atoms with E-state index >= 15 is 0 Å². The van der Waals surface area contributed by atoms with E-state index in [9.17, 15) is 0 Å². The monoisotopic (exact) mass is 577 g/mol. The summed E-state index contributed by atoms with van der Waals surface area (Å²) in [6.45, 7) is 0. The molecular formula is C40H23N3S. The Morgan fingerprint density at radius 3 is 2.14 bits per heavy atom. The number of rotatable bonds is 2. The Labute approximate surface area is 256 Å². The summed E-state index contributed by atoms with van der Waals surface area (Å²) in [4.78, 5) is 9.96. The third kappa shape index (κ3) is 3.37. The maximum Gasteiger partial charge on any atom is 0.148 e. The van der Waals surface area contributed by atoms with Crippen molar-refractivity contribution in [2.24, 2.45) is 0 Å². The summed E-state index contributed by atoms with van der Waals surface area (Å²) < 4.78 is 4.99. The molecule has 0 unspecified atom stereocenters. The van der Waals surface area contributed by atoms with Gasteiger partial charge in [-0.1, -0.05) is 91.0 Å². The zero-order valence-electron chi connectivity index (χ0n) is 23.5. The highest BCUT2D eigenvalue weighted by molar-refractivity contribution is 7.25. The van der Waals surface area contributed by atoms with Gasteiger partial charge in [0, 0.05) is 37.1 Å². The predicted molar refractivity (Wildman–Crippen MR) is 187 cm³/mol. The van der Waals surface area contributed by atoms with Crippen LogP contribution >= 0.6 is 11.3 Å². The molecule has 0 saturated carbocycles. The largest absolute Gasteiger partial charge is 0.292 e. The lowest BCUT2D eigenvalue weighted by Gasteiger charge is -2.13. The summed E-state index contributed by atoms with van der Waals surface area (Å²) in [6, 6.07) is 48.2. The van der Waals surface area contributed by atoms with Gasteiger partial charge in [-0.2, -0.15) is 0 Å². The van der Waals surface area contributed by atoms with Crippen LogP contribution in [0, 0.1) is 0 Å². The summed E-state index contributed by atoms with van der Waals surface area (Å²) in [5.74, 6) is 0. The molecule has 204 valence electrons. The molecule has 0 aliphatic heterocycles. The van der Waals surface area contributed by atoms with Gasteiger partial charge in [-0.25, -0.2) is 4.98 Å². The molecule has 0 aliphatic rings. The average molecular weight is 578 g/mol. The Hall–Kier alpha value is -5.58. The lowest BCUT2D eigenvalue weighted by molar-refractivity contribution is 1.31. The van der Waals surface area contributed by atoms with Crippen molar-refractivity contribution in [3.05, 3.63) is 140 Å². The van der Waals surface area contributed by atoms with E-state index in [4.69, 9.17) is 9.97 Å². The molecule has 6 aromatic carbocycles. The summed E-state index contributed by atoms with van der Waals surface area (Å²) >= 11 is 1.86. The van der Waals surface area contributed by atoms with Crippen molar-refractivity contribution in [2.75, 3.05) is 0 Å². The predicted octanol–water partition coefficient (Wildman–Crippen LogP) is 11.0. The molecule has 44 heavy (non-hydrogen) atoms. The van der Waals surface area contributed by atoms with Crippen molar-refractivity contribution in [2.45, 2.75) is 0 Å². The zero-order valence-corrected chi connectivity index (χ0v) is 24.3. The normalized spacial score (nSPS) is 12.1. The number of fused-ring (bicyclic) bond motifs is 13. The van der Waals surface area contributed by atoms with Crippen LogP contribution in [0.4, 0.5) is 0 Å². The van der Waals surface area contributed by atoms with Crippen LogP contribution in [-0.4, -0.2) is 14.4 Å². The second kappa shape index (κ2) is 8.96. The quantitative estimate of drug-likeness (QED) is 0.191. The standard InChI is InChI=1S/C40H23N3S/c1-4-10-36-30(7-1)32-22-27(17-20-37(32)44-36)24-11-13-25(14-12-24)28-16-18-29-31-19-15-26-6-5-21-41-39(26)38(31)40-42-33-8-2-3-9-34(33)43(40)35(29)23-28/h1-23H. The Balaban J connectivity index is 1.16. The third-order valence-corrected chi connectivity index (χ3v) is 10.2. The average Bonchev–Trinajstić information content (AvgIpc) is 3.66. The van der Waals surface area contributed by atoms with E-state index in [-0.39, 0.29) is 0 Å². The fourth-order valence-electron chi connectivity index (χ4n) is 6.92. The third-order valence-electron chi connectivity index (χ3n) is 9.02. The lowest BCUT2D eigenvalue weighted by Crippen LogP contribution is -1.94. The van der Waals surface area contributed by atoms with E-state index in [1.807, 2.05) is 23.6 Å². The number of imidazole rings is 1. The highest BCUT2D eigenvalue weighted by Gasteiger charge is 2.17. The van der Waals surface area contributed by atoms with Crippen molar-refractivity contribution in [3.63, 3.8) is 0 Å². The minimum absolute atomic E-state index is 0.946. The van der Waals surface area contributed by atoms with Gasteiger partial charge >= 0.3 is 0 Å². The van der Waals surface area contributed by atoms with Crippen molar-refractivity contribution >= 4 is 80.8 Å². The fourth-order valence-corrected chi connectivity index (χ4v) is 8.00. The first-order valence-electron chi connectivity index (χ1n) is 14.8. The van der Waals surface area contributed by atoms with Gasteiger partial charge in [0.2, 0.25) is 0 Å². The molecule has 0 spiro atoms. The first-order valence-corrected chi connectivity index (χ1v) is 15.6. The number of para-hydroxylation sites is 2. The molecule has 4 heteroatoms. The molecule has 0 bridgehead atoms. The maximum atomic E-state index is 5.15. The zero-order chi connectivity index (χ0) is 28.8. The molecule has 10 aromatic rings. The van der Waals surface area contributed by atoms with Gasteiger partial charge in [-0.05, 0) is 70.1 Å². The van der Waals surface area contributed by atoms with E-state index in [0.29, 0.717) is 0 Å². The lowest BCUT2D eigenvalue weighted by atomic mass is 9.97. The van der Waals surface area contributed by atoms with Crippen molar-refractivity contribution < 1.29 is 0 Å². The van der Waals surface area contributed by atoms with Crippen LogP contribution in [-0.2, 0) is 0 Å². The van der Waals surface area contributed by atoms with Crippen LogP contribution in [0.1, 0.15) is 0 Å². The molecule has 0 saturated heterocycles. The summed E-state index contributed by atoms with van der Waals surface area (Å²) in [6.07, 6.45) is 1.87. The molecular weight excluding hydrogens is 555 g/mol. The summed E-state index contributed by atoms with van der Waals surface area (Å²) in [7, 11) is 0. The molecule has 10 rings (SSSR count). The minimum atomic E-state index is 0.946. The molecule has 0 amide bonds. The van der Waals surface area contributed by atoms with Crippen molar-refractivity contribution in [3.8, 4) is 22.3 Å². The van der Waals surface area contributed by atoms with Crippen molar-refractivity contribution in [1.29, 1.82) is 0 Å². The van der Waals surface area contributed by atoms with Crippen LogP contribution in [0.15, 0.2) is 140 Å². The van der Waals surface area contributed by atoms with Gasteiger partial charge < -0.3 is 0 Å². The first kappa shape index (κ1) is 23.9. The van der Waals surface area contributed by atoms with Crippen LogP contribution in [0.25, 0.3) is 91.7 Å². The van der Waals surface area contributed by atoms with Gasteiger partial charge in [0.1, 0.15) is 5.65 Å². The number of pyridine rings is 2. The molecule has 0 fully saturated rings. The fraction of sp³-hybridized carbons (Fsp3) is 0. The summed E-state index contributed by atoms with van der Waals surface area (Å²) in [5.41, 5.74) is 10.0. The Bertz CT molecular complexity index is 2770. The van der Waals surface area contributed by atoms with Gasteiger partial charge in [0.25, 0.3) is 0 Å². The van der Waals surface area contributed by atoms with Crippen LogP contribution in [0.3, 0.4) is 0 Å². The molecule has 0 radical (unpaired) electrons. The van der Waals surface area contributed by atoms with Gasteiger partial charge in [0.05, 0.1) is 27.5 Å². The van der Waals surface area contributed by atoms with Crippen LogP contribution < -0.4 is 0 Å². The molecule has 0 atom stereocenters. The maximum absolute atomic E-state index is 5.15. The molecule has 0 N–H and O–H groups in total. The molecule has 0 aliphatic carbocycles. The van der Waals surface area contributed by atoms with E-state index in [1.165, 1.54) is 53.2 Å². The Kier molecular flexibility index (Phi) is 4.87. The minimum Gasteiger partial charge on any atom is -0.292 e. The van der Waals surface area contributed by atoms with E-state index in [0.717, 1.165) is 38.5 Å². The highest BCUT2D eigenvalue weighted by Crippen LogP contribution is 2.39. The number of hydrogen-bond donors (Lipinski definition) is 0. The van der Waals surface area contributed by atoms with Crippen LogP contribution in [0.5, 0.6) is 0 Å². The number of nitrogens with zero attached hydrogens (tertiary/aromatic N) is 3. The second-order valence-electron chi connectivity index (χ2n) is 11.4. The number of aromatic nitrogens is 3. The molecule has 3 nitrogen and oxygen atoms in total. The second-order valence-corrected chi connectivity index (χ2v) is 12.5. The van der Waals surface area contributed by atoms with E-state index < -0.39 is 0 Å². The van der Waals surface area contributed by atoms with Gasteiger partial charge in [-0.3, -0.25) is 9.38 Å². The highest BCUT2D eigenvalue weighted by atomic mass is 32.1. The topological polar surface area (TPSA) is 30.2 Å². The Morgan fingerprint density at radius 1 is 0.500 bits per heavy atom. The van der Waals surface area contributed by atoms with Crippen LogP contribution in [0.2, 0.25) is 0 Å². The van der Waals surface area contributed by atoms with E-state index in [1.54, 1.807) is 0 Å². The smallest absolute Gasteiger partial charge is 0.148 e. The van der Waals surface area contributed by atoms with Gasteiger partial charge in [-0.15, -0.1) is 11.3 Å². The molecule has 4 aromatic heterocycles. The van der Waals surface area contributed by atoms with Crippen molar-refractivity contribution in [1.82, 2.24) is 14.4 Å².